The van der Waals surface area contributed by atoms with Crippen LogP contribution in [0.15, 0.2) is 12.1 Å². The highest BCUT2D eigenvalue weighted by molar-refractivity contribution is 6.32. The highest BCUT2D eigenvalue weighted by atomic mass is 35.5. The number of hydrogen-bond donors (Lipinski definition) is 0. The summed E-state index contributed by atoms with van der Waals surface area (Å²) in [6.45, 7) is 0. The molecule has 1 radical (unpaired) electrons. The fourth-order valence-electron chi connectivity index (χ4n) is 0.573. The highest BCUT2D eigenvalue weighted by Crippen LogP contribution is 2.23. The van der Waals surface area contributed by atoms with E-state index < -0.39 is 10.7 Å². The van der Waals surface area contributed by atoms with Gasteiger partial charge in [-0.3, -0.25) is 10.1 Å². The number of rotatable bonds is 1. The van der Waals surface area contributed by atoms with Crippen LogP contribution < -0.4 is 0 Å². The molecule has 1 aromatic rings. The van der Waals surface area contributed by atoms with Crippen molar-refractivity contribution in [2.24, 2.45) is 0 Å². The molecule has 1 rings (SSSR count). The Kier molecular flexibility index (Phi) is 2.05. The van der Waals surface area contributed by atoms with Gasteiger partial charge in [0.25, 0.3) is 5.69 Å². The topological polar surface area (TPSA) is 43.1 Å². The second-order valence-corrected chi connectivity index (χ2v) is 2.18. The summed E-state index contributed by atoms with van der Waals surface area (Å²) >= 11 is 5.32. The van der Waals surface area contributed by atoms with Crippen molar-refractivity contribution in [2.75, 3.05) is 0 Å². The zero-order chi connectivity index (χ0) is 8.43. The first-order valence-corrected chi connectivity index (χ1v) is 3.00. The fourth-order valence-corrected chi connectivity index (χ4v) is 0.792. The quantitative estimate of drug-likeness (QED) is 0.484. The molecule has 0 saturated heterocycles. The molecule has 11 heavy (non-hydrogen) atoms. The Morgan fingerprint density at radius 3 is 2.82 bits per heavy atom. The maximum atomic E-state index is 12.2. The van der Waals surface area contributed by atoms with Crippen molar-refractivity contribution in [3.8, 4) is 0 Å². The molecule has 0 aromatic heterocycles. The number of nitro groups is 1. The molecule has 0 aliphatic rings. The average molecular weight is 175 g/mol. The van der Waals surface area contributed by atoms with Crippen LogP contribution in [0.3, 0.4) is 0 Å². The molecule has 0 unspecified atom stereocenters. The van der Waals surface area contributed by atoms with E-state index in [1.54, 1.807) is 0 Å². The Morgan fingerprint density at radius 2 is 2.36 bits per heavy atom. The molecule has 0 spiro atoms. The van der Waals surface area contributed by atoms with Crippen LogP contribution in [0.25, 0.3) is 0 Å². The first kappa shape index (κ1) is 7.94. The Morgan fingerprint density at radius 1 is 1.73 bits per heavy atom. The van der Waals surface area contributed by atoms with E-state index >= 15 is 0 Å². The van der Waals surface area contributed by atoms with Gasteiger partial charge in [-0.2, -0.15) is 0 Å². The summed E-state index contributed by atoms with van der Waals surface area (Å²) in [6.07, 6.45) is 0. The molecular weight excluding hydrogens is 173 g/mol. The van der Waals surface area contributed by atoms with E-state index in [1.165, 1.54) is 0 Å². The van der Waals surface area contributed by atoms with Crippen LogP contribution in [0.2, 0.25) is 5.02 Å². The largest absolute Gasteiger partial charge is 0.288 e. The zero-order valence-electron chi connectivity index (χ0n) is 5.17. The summed E-state index contributed by atoms with van der Waals surface area (Å²) < 4.78 is 12.2. The number of hydrogen-bond acceptors (Lipinski definition) is 2. The summed E-state index contributed by atoms with van der Waals surface area (Å²) in [5.41, 5.74) is -0.340. The van der Waals surface area contributed by atoms with E-state index in [0.29, 0.717) is 0 Å². The van der Waals surface area contributed by atoms with Crippen LogP contribution >= 0.6 is 11.6 Å². The molecule has 0 amide bonds. The third-order valence-corrected chi connectivity index (χ3v) is 1.34. The molecule has 0 aliphatic carbocycles. The van der Waals surface area contributed by atoms with Gasteiger partial charge in [-0.05, 0) is 0 Å². The minimum absolute atomic E-state index is 0.216. The van der Waals surface area contributed by atoms with Crippen LogP contribution in [-0.2, 0) is 0 Å². The summed E-state index contributed by atoms with van der Waals surface area (Å²) in [5, 5.41) is 9.90. The molecule has 0 bridgehead atoms. The second-order valence-electron chi connectivity index (χ2n) is 1.77. The molecule has 0 N–H and O–H groups in total. The minimum Gasteiger partial charge on any atom is -0.258 e. The Balaban J connectivity index is 3.20. The minimum atomic E-state index is -0.708. The Hall–Kier alpha value is -1.16. The van der Waals surface area contributed by atoms with Crippen molar-refractivity contribution in [1.82, 2.24) is 0 Å². The molecule has 0 heterocycles. The van der Waals surface area contributed by atoms with Crippen molar-refractivity contribution in [2.45, 2.75) is 0 Å². The first-order chi connectivity index (χ1) is 5.11. The monoisotopic (exact) mass is 174 g/mol. The van der Waals surface area contributed by atoms with Gasteiger partial charge in [0.2, 0.25) is 0 Å². The van der Waals surface area contributed by atoms with Gasteiger partial charge in [0.05, 0.1) is 4.92 Å². The lowest BCUT2D eigenvalue weighted by molar-refractivity contribution is -0.384. The lowest BCUT2D eigenvalue weighted by Gasteiger charge is -1.92. The predicted octanol–water partition coefficient (Wildman–Crippen LogP) is 2.19. The Labute approximate surface area is 66.6 Å². The fraction of sp³-hybridized carbons (Fsp3) is 0. The van der Waals surface area contributed by atoms with Crippen LogP contribution in [0.5, 0.6) is 0 Å². The molecule has 0 fully saturated rings. The molecule has 57 valence electrons. The second kappa shape index (κ2) is 2.84. The third kappa shape index (κ3) is 1.65. The smallest absolute Gasteiger partial charge is 0.258 e. The highest BCUT2D eigenvalue weighted by Gasteiger charge is 2.11. The van der Waals surface area contributed by atoms with Gasteiger partial charge in [0.15, 0.2) is 0 Å². The van der Waals surface area contributed by atoms with E-state index in [2.05, 4.69) is 0 Å². The number of halogens is 2. The molecular formula is C6H2ClFNO2. The third-order valence-electron chi connectivity index (χ3n) is 1.04. The van der Waals surface area contributed by atoms with E-state index in [0.717, 1.165) is 12.1 Å². The van der Waals surface area contributed by atoms with E-state index in [-0.39, 0.29) is 10.7 Å². The van der Waals surface area contributed by atoms with Gasteiger partial charge >= 0.3 is 0 Å². The van der Waals surface area contributed by atoms with Gasteiger partial charge < -0.3 is 0 Å². The lowest BCUT2D eigenvalue weighted by atomic mass is 10.3. The van der Waals surface area contributed by atoms with Crippen LogP contribution in [-0.4, -0.2) is 4.92 Å². The van der Waals surface area contributed by atoms with Crippen molar-refractivity contribution in [3.63, 3.8) is 0 Å². The predicted molar refractivity (Wildman–Crippen MR) is 36.9 cm³/mol. The zero-order valence-corrected chi connectivity index (χ0v) is 5.93. The molecule has 0 atom stereocenters. The van der Waals surface area contributed by atoms with Crippen molar-refractivity contribution >= 4 is 17.3 Å². The number of nitrogens with zero attached hydrogens (tertiary/aromatic N) is 1. The lowest BCUT2D eigenvalue weighted by Crippen LogP contribution is -1.89. The molecule has 5 heteroatoms. The van der Waals surface area contributed by atoms with Crippen LogP contribution in [0.4, 0.5) is 10.1 Å². The Bertz CT molecular complexity index is 303. The number of nitro benzene ring substituents is 1. The van der Waals surface area contributed by atoms with E-state index in [4.69, 9.17) is 11.6 Å². The maximum Gasteiger partial charge on any atom is 0.288 e. The molecule has 3 nitrogen and oxygen atoms in total. The van der Waals surface area contributed by atoms with Gasteiger partial charge in [-0.15, -0.1) is 0 Å². The normalized spacial score (nSPS) is 9.64. The van der Waals surface area contributed by atoms with E-state index in [9.17, 15) is 14.5 Å². The van der Waals surface area contributed by atoms with Gasteiger partial charge in [-0.1, -0.05) is 11.6 Å². The van der Waals surface area contributed by atoms with Crippen LogP contribution in [0.1, 0.15) is 0 Å². The van der Waals surface area contributed by atoms with Gasteiger partial charge in [0.1, 0.15) is 10.8 Å². The molecule has 0 aliphatic heterocycles. The van der Waals surface area contributed by atoms with Crippen LogP contribution in [0, 0.1) is 22.0 Å². The van der Waals surface area contributed by atoms with Gasteiger partial charge in [0, 0.05) is 18.2 Å². The average Bonchev–Trinajstić information content (AvgIpc) is 1.85. The van der Waals surface area contributed by atoms with Crippen molar-refractivity contribution < 1.29 is 9.31 Å². The summed E-state index contributed by atoms with van der Waals surface area (Å²) in [4.78, 5) is 9.42. The summed E-state index contributed by atoms with van der Waals surface area (Å²) in [5.74, 6) is -0.708. The number of benzene rings is 1. The summed E-state index contributed by atoms with van der Waals surface area (Å²) in [7, 11) is 0. The standard InChI is InChI=1S/C6H2ClFNO2/c7-5-3-4(8)1-2-6(5)9(10)11/h2-3H. The SMILES string of the molecule is O=[N+]([O-])c1c[c]c(F)cc1Cl. The molecule has 0 saturated carbocycles. The maximum absolute atomic E-state index is 12.2. The van der Waals surface area contributed by atoms with Crippen molar-refractivity contribution in [3.05, 3.63) is 39.2 Å². The van der Waals surface area contributed by atoms with E-state index in [1.807, 2.05) is 6.07 Å². The summed E-state index contributed by atoms with van der Waals surface area (Å²) in [6, 6.07) is 3.78. The van der Waals surface area contributed by atoms with Gasteiger partial charge in [-0.25, -0.2) is 4.39 Å². The van der Waals surface area contributed by atoms with Crippen molar-refractivity contribution in [1.29, 1.82) is 0 Å². The first-order valence-electron chi connectivity index (χ1n) is 2.62. The molecule has 1 aromatic carbocycles.